The van der Waals surface area contributed by atoms with Crippen molar-refractivity contribution >= 4 is 5.91 Å². The number of benzene rings is 2. The molecule has 2 fully saturated rings. The minimum absolute atomic E-state index is 0.0979. The van der Waals surface area contributed by atoms with Crippen molar-refractivity contribution in [3.63, 3.8) is 0 Å². The summed E-state index contributed by atoms with van der Waals surface area (Å²) in [6, 6.07) is 11.3. The molecule has 1 saturated heterocycles. The fourth-order valence-electron chi connectivity index (χ4n) is 5.71. The number of halogens is 1. The number of unbranched alkanes of at least 4 members (excludes halogenated alkanes) is 1. The van der Waals surface area contributed by atoms with Gasteiger partial charge in [0.1, 0.15) is 23.3 Å². The molecule has 0 radical (unpaired) electrons. The van der Waals surface area contributed by atoms with Gasteiger partial charge < -0.3 is 35.1 Å². The lowest BCUT2D eigenvalue weighted by atomic mass is 9.78. The Balaban J connectivity index is 1.69. The first-order valence-electron chi connectivity index (χ1n) is 13.3. The zero-order valence-electron chi connectivity index (χ0n) is 22.1. The van der Waals surface area contributed by atoms with Gasteiger partial charge in [-0.3, -0.25) is 4.79 Å². The minimum Gasteiger partial charge on any atom is -0.497 e. The van der Waals surface area contributed by atoms with Crippen LogP contribution in [0.15, 0.2) is 42.5 Å². The first kappa shape index (κ1) is 28.4. The fourth-order valence-corrected chi connectivity index (χ4v) is 5.71. The molecule has 5 atom stereocenters. The van der Waals surface area contributed by atoms with Crippen molar-refractivity contribution in [2.24, 2.45) is 11.7 Å². The number of aliphatic hydroxyl groups excluding tert-OH is 1. The molecule has 0 spiro atoms. The highest BCUT2D eigenvalue weighted by Crippen LogP contribution is 2.42. The second kappa shape index (κ2) is 12.5. The number of carbonyl (C=O) groups is 1. The van der Waals surface area contributed by atoms with E-state index in [1.807, 2.05) is 0 Å². The van der Waals surface area contributed by atoms with Gasteiger partial charge in [-0.05, 0) is 61.4 Å². The second-order valence-corrected chi connectivity index (χ2v) is 10.3. The molecule has 0 unspecified atom stereocenters. The number of methoxy groups -OCH3 is 2. The quantitative estimate of drug-likeness (QED) is 0.405. The van der Waals surface area contributed by atoms with Gasteiger partial charge >= 0.3 is 0 Å². The molecule has 0 bridgehead atoms. The largest absolute Gasteiger partial charge is 0.497 e. The molecule has 0 aromatic heterocycles. The molecule has 2 aromatic rings. The van der Waals surface area contributed by atoms with Crippen molar-refractivity contribution < 1.29 is 33.6 Å². The first-order valence-corrected chi connectivity index (χ1v) is 13.3. The maximum Gasteiger partial charge on any atom is 0.226 e. The molecule has 38 heavy (non-hydrogen) atoms. The van der Waals surface area contributed by atoms with E-state index in [0.29, 0.717) is 55.7 Å². The third-order valence-electron chi connectivity index (χ3n) is 7.83. The second-order valence-electron chi connectivity index (χ2n) is 10.3. The lowest BCUT2D eigenvalue weighted by Gasteiger charge is -2.43. The molecule has 1 heterocycles. The number of amides is 1. The number of carbonyl (C=O) groups excluding carboxylic acids is 1. The van der Waals surface area contributed by atoms with Crippen LogP contribution < -0.4 is 10.5 Å². The minimum atomic E-state index is -1.58. The van der Waals surface area contributed by atoms with E-state index in [-0.39, 0.29) is 37.0 Å². The molecule has 9 heteroatoms. The van der Waals surface area contributed by atoms with Crippen LogP contribution in [0.4, 0.5) is 4.39 Å². The fraction of sp³-hybridized carbons (Fsp3) is 0.552. The van der Waals surface area contributed by atoms with Crippen LogP contribution in [0, 0.1) is 11.7 Å². The Kier molecular flexibility index (Phi) is 9.38. The van der Waals surface area contributed by atoms with Gasteiger partial charge in [0.2, 0.25) is 5.91 Å². The Morgan fingerprint density at radius 1 is 1.21 bits per heavy atom. The van der Waals surface area contributed by atoms with E-state index in [1.54, 1.807) is 55.5 Å². The summed E-state index contributed by atoms with van der Waals surface area (Å²) >= 11 is 0. The van der Waals surface area contributed by atoms with Crippen molar-refractivity contribution in [2.75, 3.05) is 40.5 Å². The van der Waals surface area contributed by atoms with Crippen LogP contribution in [0.2, 0.25) is 0 Å². The highest BCUT2D eigenvalue weighted by molar-refractivity contribution is 5.79. The predicted molar refractivity (Wildman–Crippen MR) is 141 cm³/mol. The molecule has 1 aliphatic carbocycles. The Morgan fingerprint density at radius 3 is 2.71 bits per heavy atom. The van der Waals surface area contributed by atoms with Gasteiger partial charge in [-0.25, -0.2) is 4.39 Å². The smallest absolute Gasteiger partial charge is 0.226 e. The lowest BCUT2D eigenvalue weighted by Crippen LogP contribution is -2.55. The average Bonchev–Trinajstić information content (AvgIpc) is 3.28. The van der Waals surface area contributed by atoms with Gasteiger partial charge in [-0.15, -0.1) is 0 Å². The Labute approximate surface area is 223 Å². The maximum atomic E-state index is 15.5. The predicted octanol–water partition coefficient (Wildman–Crippen LogP) is 2.83. The normalized spacial score (nSPS) is 25.3. The van der Waals surface area contributed by atoms with E-state index in [2.05, 4.69) is 0 Å². The van der Waals surface area contributed by atoms with Crippen molar-refractivity contribution in [1.82, 2.24) is 4.90 Å². The molecule has 4 N–H and O–H groups in total. The molecule has 2 aliphatic rings. The van der Waals surface area contributed by atoms with Gasteiger partial charge in [0.25, 0.3) is 0 Å². The van der Waals surface area contributed by atoms with Crippen LogP contribution in [-0.2, 0) is 19.9 Å². The van der Waals surface area contributed by atoms with E-state index >= 15 is 4.39 Å². The number of rotatable bonds is 10. The van der Waals surface area contributed by atoms with Crippen LogP contribution >= 0.6 is 0 Å². The van der Waals surface area contributed by atoms with Crippen molar-refractivity contribution in [2.45, 2.75) is 56.0 Å². The van der Waals surface area contributed by atoms with Crippen LogP contribution in [-0.4, -0.2) is 79.8 Å². The first-order chi connectivity index (χ1) is 18.3. The van der Waals surface area contributed by atoms with E-state index in [9.17, 15) is 15.0 Å². The van der Waals surface area contributed by atoms with Gasteiger partial charge in [-0.1, -0.05) is 24.3 Å². The van der Waals surface area contributed by atoms with Crippen LogP contribution in [0.25, 0.3) is 11.1 Å². The molecule has 2 aromatic carbocycles. The number of ether oxygens (including phenoxy) is 3. The Hall–Kier alpha value is -2.56. The molecule has 8 nitrogen and oxygen atoms in total. The Morgan fingerprint density at radius 2 is 2.00 bits per heavy atom. The van der Waals surface area contributed by atoms with Gasteiger partial charge in [-0.2, -0.15) is 0 Å². The molecule has 1 aliphatic heterocycles. The van der Waals surface area contributed by atoms with Gasteiger partial charge in [0.05, 0.1) is 26.4 Å². The summed E-state index contributed by atoms with van der Waals surface area (Å²) in [5.74, 6) is -0.360. The zero-order chi connectivity index (χ0) is 27.3. The summed E-state index contributed by atoms with van der Waals surface area (Å²) in [4.78, 5) is 15.0. The molecule has 4 rings (SSSR count). The highest BCUT2D eigenvalue weighted by atomic mass is 19.1. The monoisotopic (exact) mass is 530 g/mol. The molecular formula is C29H39FN2O6. The summed E-state index contributed by atoms with van der Waals surface area (Å²) in [6.07, 6.45) is 0.868. The topological polar surface area (TPSA) is 114 Å². The number of hydrogen-bond donors (Lipinski definition) is 3. The number of morpholine rings is 1. The lowest BCUT2D eigenvalue weighted by molar-refractivity contribution is -0.167. The highest BCUT2D eigenvalue weighted by Gasteiger charge is 2.46. The number of aliphatic hydroxyl groups is 2. The third kappa shape index (κ3) is 6.02. The summed E-state index contributed by atoms with van der Waals surface area (Å²) in [7, 11) is 3.17. The number of nitrogens with two attached hydrogens (primary N) is 1. The number of nitrogens with zero attached hydrogens (tertiary/aromatic N) is 1. The van der Waals surface area contributed by atoms with E-state index in [1.165, 1.54) is 6.07 Å². The van der Waals surface area contributed by atoms with E-state index in [4.69, 9.17) is 19.9 Å². The van der Waals surface area contributed by atoms with Crippen LogP contribution in [0.3, 0.4) is 0 Å². The van der Waals surface area contributed by atoms with Crippen LogP contribution in [0.1, 0.15) is 37.7 Å². The summed E-state index contributed by atoms with van der Waals surface area (Å²) in [5.41, 5.74) is 5.62. The maximum absolute atomic E-state index is 15.5. The standard InChI is InChI=1S/C29H39FN2O6/c1-36-13-4-3-11-29(35,22-9-6-10-23(30)27(22)19-7-5-8-21(15-19)37-2)26-18-32(12-14-38-26)28(34)20-16-24(31)25(33)17-20/h5-10,15,20,24-26,33,35H,3-4,11-14,16-18,31H2,1-2H3/t20-,24+,25-,26+,29+/m0/s1. The molecular weight excluding hydrogens is 491 g/mol. The zero-order valence-corrected chi connectivity index (χ0v) is 22.1. The SMILES string of the molecule is COCCCC[C@@](O)(c1cccc(F)c1-c1cccc(OC)c1)[C@H]1CN(C(=O)[C@H]2C[C@@H](N)[C@@H](O)C2)CCO1. The third-order valence-corrected chi connectivity index (χ3v) is 7.83. The molecule has 1 amide bonds. The van der Waals surface area contributed by atoms with E-state index < -0.39 is 29.7 Å². The van der Waals surface area contributed by atoms with Crippen molar-refractivity contribution in [1.29, 1.82) is 0 Å². The molecule has 208 valence electrons. The number of hydrogen-bond acceptors (Lipinski definition) is 7. The average molecular weight is 531 g/mol. The van der Waals surface area contributed by atoms with Gasteiger partial charge in [0.15, 0.2) is 0 Å². The van der Waals surface area contributed by atoms with Crippen molar-refractivity contribution in [3.8, 4) is 16.9 Å². The summed E-state index contributed by atoms with van der Waals surface area (Å²) < 4.78 is 32.2. The Bertz CT molecular complexity index is 1090. The summed E-state index contributed by atoms with van der Waals surface area (Å²) in [6.45, 7) is 1.29. The van der Waals surface area contributed by atoms with Crippen LogP contribution in [0.5, 0.6) is 5.75 Å². The molecule has 1 saturated carbocycles. The van der Waals surface area contributed by atoms with Crippen molar-refractivity contribution in [3.05, 3.63) is 53.8 Å². The van der Waals surface area contributed by atoms with Gasteiger partial charge in [0, 0.05) is 37.8 Å². The van der Waals surface area contributed by atoms with E-state index in [0.717, 1.165) is 0 Å². The summed E-state index contributed by atoms with van der Waals surface area (Å²) in [5, 5.41) is 22.5.